The zero-order valence-electron chi connectivity index (χ0n) is 7.07. The molecular weight excluding hydrogens is 170 g/mol. The van der Waals surface area contributed by atoms with Crippen molar-refractivity contribution >= 4 is 5.69 Å². The summed E-state index contributed by atoms with van der Waals surface area (Å²) >= 11 is 0. The van der Waals surface area contributed by atoms with Crippen LogP contribution >= 0.6 is 0 Å². The summed E-state index contributed by atoms with van der Waals surface area (Å²) < 4.78 is 0. The van der Waals surface area contributed by atoms with E-state index in [1.165, 1.54) is 12.1 Å². The summed E-state index contributed by atoms with van der Waals surface area (Å²) in [5.74, 6) is -0.605. The summed E-state index contributed by atoms with van der Waals surface area (Å²) in [4.78, 5) is 0. The molecule has 0 bridgehead atoms. The highest BCUT2D eigenvalue weighted by molar-refractivity contribution is 5.61. The van der Waals surface area contributed by atoms with E-state index in [1.54, 1.807) is 0 Å². The van der Waals surface area contributed by atoms with Crippen LogP contribution in [0.15, 0.2) is 12.1 Å². The fraction of sp³-hybridized carbons (Fsp3) is 0.250. The highest BCUT2D eigenvalue weighted by Crippen LogP contribution is 2.33. The van der Waals surface area contributed by atoms with Gasteiger partial charge in [0.05, 0.1) is 5.69 Å². The molecule has 72 valence electrons. The third-order valence-corrected chi connectivity index (χ3v) is 1.82. The average molecular weight is 183 g/mol. The Kier molecular flexibility index (Phi) is 2.60. The van der Waals surface area contributed by atoms with Gasteiger partial charge in [0.1, 0.15) is 0 Å². The van der Waals surface area contributed by atoms with E-state index in [4.69, 9.17) is 22.3 Å². The van der Waals surface area contributed by atoms with Crippen molar-refractivity contribution in [2.24, 2.45) is 11.5 Å². The molecule has 0 spiro atoms. The molecule has 8 N–H and O–H groups in total. The van der Waals surface area contributed by atoms with Gasteiger partial charge >= 0.3 is 0 Å². The Morgan fingerprint density at radius 3 is 2.38 bits per heavy atom. The topological polar surface area (TPSA) is 119 Å². The standard InChI is InChI=1S/C8H13N3O2/c9-3-6(11)4-1-5(10)8(13)7(12)2-4/h1-2,6,12-13H,3,9-11H2. The first-order chi connectivity index (χ1) is 6.06. The van der Waals surface area contributed by atoms with Gasteiger partial charge < -0.3 is 27.4 Å². The maximum atomic E-state index is 9.20. The second-order valence-corrected chi connectivity index (χ2v) is 2.82. The van der Waals surface area contributed by atoms with Gasteiger partial charge in [0.15, 0.2) is 11.5 Å². The number of aromatic hydroxyl groups is 2. The van der Waals surface area contributed by atoms with Crippen molar-refractivity contribution in [3.05, 3.63) is 17.7 Å². The van der Waals surface area contributed by atoms with Gasteiger partial charge in [0.25, 0.3) is 0 Å². The van der Waals surface area contributed by atoms with E-state index in [2.05, 4.69) is 0 Å². The zero-order chi connectivity index (χ0) is 10.0. The molecule has 0 amide bonds. The zero-order valence-corrected chi connectivity index (χ0v) is 7.07. The molecular formula is C8H13N3O2. The average Bonchev–Trinajstić information content (AvgIpc) is 2.12. The molecule has 0 radical (unpaired) electrons. The molecule has 0 saturated heterocycles. The first-order valence-electron chi connectivity index (χ1n) is 3.83. The molecule has 0 aliphatic carbocycles. The molecule has 1 aromatic carbocycles. The summed E-state index contributed by atoms with van der Waals surface area (Å²) in [7, 11) is 0. The van der Waals surface area contributed by atoms with Gasteiger partial charge in [-0.2, -0.15) is 0 Å². The van der Waals surface area contributed by atoms with Crippen molar-refractivity contribution < 1.29 is 10.2 Å². The number of phenols is 2. The maximum absolute atomic E-state index is 9.20. The minimum Gasteiger partial charge on any atom is -0.504 e. The summed E-state index contributed by atoms with van der Waals surface area (Å²) in [6, 6.07) is 2.46. The summed E-state index contributed by atoms with van der Waals surface area (Å²) in [6.45, 7) is 0.254. The van der Waals surface area contributed by atoms with Crippen molar-refractivity contribution in [3.63, 3.8) is 0 Å². The molecule has 0 aliphatic heterocycles. The molecule has 0 aromatic heterocycles. The number of hydrogen-bond donors (Lipinski definition) is 5. The van der Waals surface area contributed by atoms with Crippen molar-refractivity contribution in [2.45, 2.75) is 6.04 Å². The predicted molar refractivity (Wildman–Crippen MR) is 50.2 cm³/mol. The highest BCUT2D eigenvalue weighted by Gasteiger charge is 2.10. The largest absolute Gasteiger partial charge is 0.504 e. The Bertz CT molecular complexity index is 291. The monoisotopic (exact) mass is 183 g/mol. The molecule has 0 heterocycles. The molecule has 0 fully saturated rings. The van der Waals surface area contributed by atoms with E-state index in [0.29, 0.717) is 5.56 Å². The van der Waals surface area contributed by atoms with Gasteiger partial charge in [-0.15, -0.1) is 0 Å². The van der Waals surface area contributed by atoms with Gasteiger partial charge in [0.2, 0.25) is 0 Å². The first kappa shape index (κ1) is 9.63. The van der Waals surface area contributed by atoms with Crippen LogP contribution in [0.2, 0.25) is 0 Å². The second kappa shape index (κ2) is 3.51. The number of benzene rings is 1. The van der Waals surface area contributed by atoms with Crippen molar-refractivity contribution in [3.8, 4) is 11.5 Å². The predicted octanol–water partition coefficient (Wildman–Crippen LogP) is -0.362. The molecule has 13 heavy (non-hydrogen) atoms. The number of nitrogens with two attached hydrogens (primary N) is 3. The Labute approximate surface area is 75.8 Å². The Morgan fingerprint density at radius 1 is 1.31 bits per heavy atom. The van der Waals surface area contributed by atoms with E-state index >= 15 is 0 Å². The van der Waals surface area contributed by atoms with Crippen LogP contribution in [0.5, 0.6) is 11.5 Å². The smallest absolute Gasteiger partial charge is 0.180 e. The highest BCUT2D eigenvalue weighted by atomic mass is 16.3. The van der Waals surface area contributed by atoms with Crippen LogP contribution in [0.25, 0.3) is 0 Å². The lowest BCUT2D eigenvalue weighted by atomic mass is 10.1. The van der Waals surface area contributed by atoms with Gasteiger partial charge in [0, 0.05) is 12.6 Å². The summed E-state index contributed by atoms with van der Waals surface area (Å²) in [6.07, 6.45) is 0. The number of anilines is 1. The van der Waals surface area contributed by atoms with Crippen LogP contribution < -0.4 is 17.2 Å². The van der Waals surface area contributed by atoms with E-state index in [9.17, 15) is 5.11 Å². The normalized spacial score (nSPS) is 12.8. The molecule has 5 heteroatoms. The van der Waals surface area contributed by atoms with Gasteiger partial charge in [-0.05, 0) is 17.7 Å². The summed E-state index contributed by atoms with van der Waals surface area (Å²) in [5.41, 5.74) is 17.1. The van der Waals surface area contributed by atoms with Crippen molar-refractivity contribution in [1.29, 1.82) is 0 Å². The molecule has 0 saturated carbocycles. The lowest BCUT2D eigenvalue weighted by Crippen LogP contribution is -2.20. The number of hydrogen-bond acceptors (Lipinski definition) is 5. The third kappa shape index (κ3) is 1.82. The first-order valence-corrected chi connectivity index (χ1v) is 3.83. The Hall–Kier alpha value is -1.46. The van der Waals surface area contributed by atoms with Crippen LogP contribution in [0.3, 0.4) is 0 Å². The quantitative estimate of drug-likeness (QED) is 0.317. The van der Waals surface area contributed by atoms with Gasteiger partial charge in [-0.3, -0.25) is 0 Å². The molecule has 1 unspecified atom stereocenters. The van der Waals surface area contributed by atoms with Crippen LogP contribution in [0, 0.1) is 0 Å². The van der Waals surface area contributed by atoms with Crippen LogP contribution in [-0.2, 0) is 0 Å². The van der Waals surface area contributed by atoms with Crippen LogP contribution in [-0.4, -0.2) is 16.8 Å². The lowest BCUT2D eigenvalue weighted by molar-refractivity contribution is 0.404. The minimum atomic E-state index is -0.381. The minimum absolute atomic E-state index is 0.0962. The number of rotatable bonds is 2. The third-order valence-electron chi connectivity index (χ3n) is 1.82. The van der Waals surface area contributed by atoms with Crippen molar-refractivity contribution in [1.82, 2.24) is 0 Å². The van der Waals surface area contributed by atoms with Crippen molar-refractivity contribution in [2.75, 3.05) is 12.3 Å². The van der Waals surface area contributed by atoms with Gasteiger partial charge in [-0.1, -0.05) is 0 Å². The molecule has 0 aliphatic rings. The Morgan fingerprint density at radius 2 is 1.92 bits per heavy atom. The second-order valence-electron chi connectivity index (χ2n) is 2.82. The lowest BCUT2D eigenvalue weighted by Gasteiger charge is -2.11. The fourth-order valence-corrected chi connectivity index (χ4v) is 1.01. The molecule has 1 aromatic rings. The SMILES string of the molecule is NCC(N)c1cc(N)c(O)c(O)c1. The number of nitrogen functional groups attached to an aromatic ring is 1. The number of phenolic OH excluding ortho intramolecular Hbond substituents is 2. The molecule has 1 rings (SSSR count). The van der Waals surface area contributed by atoms with E-state index in [-0.39, 0.29) is 29.8 Å². The van der Waals surface area contributed by atoms with E-state index < -0.39 is 0 Å². The van der Waals surface area contributed by atoms with Crippen LogP contribution in [0.1, 0.15) is 11.6 Å². The van der Waals surface area contributed by atoms with Gasteiger partial charge in [-0.25, -0.2) is 0 Å². The molecule has 5 nitrogen and oxygen atoms in total. The fourth-order valence-electron chi connectivity index (χ4n) is 1.01. The van der Waals surface area contributed by atoms with E-state index in [0.717, 1.165) is 0 Å². The molecule has 1 atom stereocenters. The Balaban J connectivity index is 3.13. The van der Waals surface area contributed by atoms with E-state index in [1.807, 2.05) is 0 Å². The maximum Gasteiger partial charge on any atom is 0.180 e. The summed E-state index contributed by atoms with van der Waals surface area (Å²) in [5, 5.41) is 18.3. The van der Waals surface area contributed by atoms with Crippen LogP contribution in [0.4, 0.5) is 5.69 Å².